The van der Waals surface area contributed by atoms with Gasteiger partial charge in [0.05, 0.1) is 18.1 Å². The zero-order chi connectivity index (χ0) is 19.6. The molecule has 2 aliphatic heterocycles. The molecule has 0 N–H and O–H groups in total. The Kier molecular flexibility index (Phi) is 5.95. The molecule has 2 heterocycles. The monoisotopic (exact) mass is 404 g/mol. The Labute approximate surface area is 169 Å². The molecule has 0 radical (unpaired) electrons. The van der Waals surface area contributed by atoms with Crippen molar-refractivity contribution in [2.45, 2.75) is 69.9 Å². The van der Waals surface area contributed by atoms with Crippen molar-refractivity contribution >= 4 is 21.4 Å². The molecule has 1 atom stereocenters. The number of fused-ring (bicyclic) bond motifs is 1. The first kappa shape index (κ1) is 19.7. The molecule has 2 fully saturated rings. The van der Waals surface area contributed by atoms with Gasteiger partial charge in [-0.05, 0) is 50.2 Å². The first-order valence-corrected chi connectivity index (χ1v) is 12.7. The van der Waals surface area contributed by atoms with Crippen LogP contribution in [0.4, 0.5) is 5.69 Å². The smallest absolute Gasteiger partial charge is 0.242 e. The Balaban J connectivity index is 1.55. The lowest BCUT2D eigenvalue weighted by Gasteiger charge is -2.39. The number of benzene rings is 1. The van der Waals surface area contributed by atoms with Crippen molar-refractivity contribution in [3.8, 4) is 0 Å². The second-order valence-corrected chi connectivity index (χ2v) is 10.9. The van der Waals surface area contributed by atoms with Crippen LogP contribution in [0.15, 0.2) is 24.3 Å². The van der Waals surface area contributed by atoms with E-state index >= 15 is 0 Å². The van der Waals surface area contributed by atoms with Gasteiger partial charge in [-0.1, -0.05) is 37.5 Å². The van der Waals surface area contributed by atoms with Gasteiger partial charge in [-0.25, -0.2) is 8.42 Å². The number of aryl methyl sites for hydroxylation is 1. The number of anilines is 1. The molecule has 0 bridgehead atoms. The number of carbonyl (C=O) groups excluding carboxylic acids is 1. The van der Waals surface area contributed by atoms with Crippen LogP contribution in [0.1, 0.15) is 56.9 Å². The van der Waals surface area contributed by atoms with Gasteiger partial charge in [0.25, 0.3) is 0 Å². The van der Waals surface area contributed by atoms with Crippen LogP contribution in [-0.4, -0.2) is 55.9 Å². The maximum Gasteiger partial charge on any atom is 0.242 e. The van der Waals surface area contributed by atoms with E-state index in [1.54, 1.807) is 0 Å². The Morgan fingerprint density at radius 1 is 1.00 bits per heavy atom. The summed E-state index contributed by atoms with van der Waals surface area (Å²) in [6, 6.07) is 8.48. The molecule has 4 rings (SSSR count). The standard InChI is InChI=1S/C22H32N2O3S/c25-22(16-23-14-7-6-9-18-8-4-5-12-21(18)23)24(19-10-2-1-3-11-19)20-13-15-28(26,27)17-20/h4-5,8,12,19-20H,1-3,6-7,9-11,13-17H2. The topological polar surface area (TPSA) is 57.7 Å². The van der Waals surface area contributed by atoms with E-state index < -0.39 is 9.84 Å². The second kappa shape index (κ2) is 8.44. The molecule has 3 aliphatic rings. The van der Waals surface area contributed by atoms with Crippen molar-refractivity contribution in [2.24, 2.45) is 0 Å². The number of sulfone groups is 1. The number of hydrogen-bond donors (Lipinski definition) is 0. The Bertz CT molecular complexity index is 802. The number of para-hydroxylation sites is 1. The van der Waals surface area contributed by atoms with Crippen molar-refractivity contribution in [2.75, 3.05) is 29.5 Å². The van der Waals surface area contributed by atoms with E-state index in [2.05, 4.69) is 23.1 Å². The third kappa shape index (κ3) is 4.37. The Morgan fingerprint density at radius 2 is 1.79 bits per heavy atom. The van der Waals surface area contributed by atoms with E-state index in [0.717, 1.165) is 51.5 Å². The fourth-order valence-electron chi connectivity index (χ4n) is 5.24. The van der Waals surface area contributed by atoms with Gasteiger partial charge in [0.1, 0.15) is 0 Å². The van der Waals surface area contributed by atoms with E-state index in [1.165, 1.54) is 17.7 Å². The maximum atomic E-state index is 13.5. The lowest BCUT2D eigenvalue weighted by molar-refractivity contribution is -0.135. The van der Waals surface area contributed by atoms with Gasteiger partial charge in [0, 0.05) is 24.3 Å². The number of hydrogen-bond acceptors (Lipinski definition) is 4. The fraction of sp³-hybridized carbons (Fsp3) is 0.682. The largest absolute Gasteiger partial charge is 0.362 e. The molecular formula is C22H32N2O3S. The van der Waals surface area contributed by atoms with Crippen molar-refractivity contribution in [3.05, 3.63) is 29.8 Å². The van der Waals surface area contributed by atoms with Gasteiger partial charge in [0.2, 0.25) is 5.91 Å². The SMILES string of the molecule is O=C(CN1CCCCc2ccccc21)N(C1CCCCC1)C1CCS(=O)(=O)C1. The predicted octanol–water partition coefficient (Wildman–Crippen LogP) is 3.18. The van der Waals surface area contributed by atoms with Crippen LogP contribution in [0.3, 0.4) is 0 Å². The molecule has 1 aliphatic carbocycles. The lowest BCUT2D eigenvalue weighted by Crippen LogP contribution is -2.52. The molecule has 28 heavy (non-hydrogen) atoms. The average Bonchev–Trinajstić information content (AvgIpc) is 2.92. The molecular weight excluding hydrogens is 372 g/mol. The van der Waals surface area contributed by atoms with E-state index in [-0.39, 0.29) is 29.5 Å². The summed E-state index contributed by atoms with van der Waals surface area (Å²) in [5, 5.41) is 0. The Morgan fingerprint density at radius 3 is 2.54 bits per heavy atom. The van der Waals surface area contributed by atoms with E-state index in [4.69, 9.17) is 0 Å². The van der Waals surface area contributed by atoms with Gasteiger partial charge in [-0.3, -0.25) is 4.79 Å². The summed E-state index contributed by atoms with van der Waals surface area (Å²) in [6.45, 7) is 1.26. The lowest BCUT2D eigenvalue weighted by atomic mass is 9.92. The van der Waals surface area contributed by atoms with E-state index in [0.29, 0.717) is 13.0 Å². The molecule has 6 heteroatoms. The predicted molar refractivity (Wildman–Crippen MR) is 112 cm³/mol. The van der Waals surface area contributed by atoms with Crippen molar-refractivity contribution < 1.29 is 13.2 Å². The van der Waals surface area contributed by atoms with Crippen LogP contribution in [-0.2, 0) is 21.1 Å². The minimum Gasteiger partial charge on any atom is -0.362 e. The quantitative estimate of drug-likeness (QED) is 0.773. The summed E-state index contributed by atoms with van der Waals surface area (Å²) in [5.41, 5.74) is 2.50. The summed E-state index contributed by atoms with van der Waals surface area (Å²) in [5.74, 6) is 0.484. The second-order valence-electron chi connectivity index (χ2n) is 8.66. The molecule has 5 nitrogen and oxygen atoms in total. The normalized spacial score (nSPS) is 25.1. The summed E-state index contributed by atoms with van der Waals surface area (Å²) in [6.07, 6.45) is 9.42. The first-order chi connectivity index (χ1) is 13.5. The van der Waals surface area contributed by atoms with Crippen molar-refractivity contribution in [1.29, 1.82) is 0 Å². The molecule has 1 aromatic carbocycles. The van der Waals surface area contributed by atoms with Gasteiger partial charge >= 0.3 is 0 Å². The fourth-order valence-corrected chi connectivity index (χ4v) is 6.95. The Hall–Kier alpha value is -1.56. The molecule has 1 aromatic rings. The zero-order valence-electron chi connectivity index (χ0n) is 16.7. The molecule has 1 saturated heterocycles. The van der Waals surface area contributed by atoms with Gasteiger partial charge < -0.3 is 9.80 Å². The van der Waals surface area contributed by atoms with Crippen LogP contribution < -0.4 is 4.90 Å². The minimum absolute atomic E-state index is 0.116. The third-order valence-electron chi connectivity index (χ3n) is 6.64. The highest BCUT2D eigenvalue weighted by atomic mass is 32.2. The number of nitrogens with zero attached hydrogens (tertiary/aromatic N) is 2. The van der Waals surface area contributed by atoms with Gasteiger partial charge in [-0.15, -0.1) is 0 Å². The molecule has 0 aromatic heterocycles. The van der Waals surface area contributed by atoms with Crippen molar-refractivity contribution in [3.63, 3.8) is 0 Å². The minimum atomic E-state index is -3.01. The summed E-state index contributed by atoms with van der Waals surface area (Å²) < 4.78 is 24.2. The zero-order valence-corrected chi connectivity index (χ0v) is 17.5. The van der Waals surface area contributed by atoms with Gasteiger partial charge in [0.15, 0.2) is 9.84 Å². The highest BCUT2D eigenvalue weighted by Gasteiger charge is 2.39. The summed E-state index contributed by atoms with van der Waals surface area (Å²) in [4.78, 5) is 17.7. The highest BCUT2D eigenvalue weighted by Crippen LogP contribution is 2.30. The molecule has 154 valence electrons. The maximum absolute atomic E-state index is 13.5. The number of carbonyl (C=O) groups is 1. The van der Waals surface area contributed by atoms with Crippen LogP contribution >= 0.6 is 0 Å². The first-order valence-electron chi connectivity index (χ1n) is 10.9. The van der Waals surface area contributed by atoms with Crippen LogP contribution in [0, 0.1) is 0 Å². The van der Waals surface area contributed by atoms with E-state index in [1.807, 2.05) is 11.0 Å². The number of amides is 1. The molecule has 0 spiro atoms. The number of rotatable bonds is 4. The third-order valence-corrected chi connectivity index (χ3v) is 8.39. The van der Waals surface area contributed by atoms with Crippen LogP contribution in [0.25, 0.3) is 0 Å². The molecule has 1 unspecified atom stereocenters. The van der Waals surface area contributed by atoms with Crippen LogP contribution in [0.5, 0.6) is 0 Å². The highest BCUT2D eigenvalue weighted by molar-refractivity contribution is 7.91. The molecule has 1 amide bonds. The summed E-state index contributed by atoms with van der Waals surface area (Å²) in [7, 11) is -3.01. The van der Waals surface area contributed by atoms with E-state index in [9.17, 15) is 13.2 Å². The van der Waals surface area contributed by atoms with Gasteiger partial charge in [-0.2, -0.15) is 0 Å². The summed E-state index contributed by atoms with van der Waals surface area (Å²) >= 11 is 0. The average molecular weight is 405 g/mol. The van der Waals surface area contributed by atoms with Crippen LogP contribution in [0.2, 0.25) is 0 Å². The molecule has 1 saturated carbocycles. The van der Waals surface area contributed by atoms with Crippen molar-refractivity contribution in [1.82, 2.24) is 4.90 Å².